The molecule has 2 rings (SSSR count). The molecule has 0 amide bonds. The summed E-state index contributed by atoms with van der Waals surface area (Å²) in [7, 11) is -3.47. The third-order valence-electron chi connectivity index (χ3n) is 2.94. The molecule has 0 unspecified atom stereocenters. The van der Waals surface area contributed by atoms with Gasteiger partial charge in [0.15, 0.2) is 0 Å². The Morgan fingerprint density at radius 3 is 2.61 bits per heavy atom. The fourth-order valence-electron chi connectivity index (χ4n) is 1.78. The second-order valence-corrected chi connectivity index (χ2v) is 8.01. The molecule has 0 atom stereocenters. The minimum Gasteiger partial charge on any atom is -0.211 e. The van der Waals surface area contributed by atoms with Crippen LogP contribution in [0, 0.1) is 5.92 Å². The Balaban J connectivity index is 2.03. The average Bonchev–Trinajstić information content (AvgIpc) is 2.26. The Bertz CT molecular complexity index is 544. The van der Waals surface area contributed by atoms with Crippen molar-refractivity contribution in [1.82, 2.24) is 4.72 Å². The van der Waals surface area contributed by atoms with Crippen LogP contribution in [0.1, 0.15) is 12.8 Å². The highest BCUT2D eigenvalue weighted by molar-refractivity contribution is 9.10. The highest BCUT2D eigenvalue weighted by Gasteiger charge is 2.28. The van der Waals surface area contributed by atoms with Crippen molar-refractivity contribution in [2.24, 2.45) is 5.92 Å². The second-order valence-electron chi connectivity index (χ2n) is 4.36. The van der Waals surface area contributed by atoms with E-state index in [1.165, 1.54) is 12.1 Å². The van der Waals surface area contributed by atoms with Crippen molar-refractivity contribution in [2.75, 3.05) is 6.54 Å². The van der Waals surface area contributed by atoms with Gasteiger partial charge >= 0.3 is 0 Å². The summed E-state index contributed by atoms with van der Waals surface area (Å²) in [6.07, 6.45) is 1.74. The van der Waals surface area contributed by atoms with E-state index in [2.05, 4.69) is 20.7 Å². The van der Waals surface area contributed by atoms with Crippen LogP contribution in [0.2, 0.25) is 5.02 Å². The van der Waals surface area contributed by atoms with Crippen LogP contribution in [0.3, 0.4) is 0 Å². The largest absolute Gasteiger partial charge is 0.240 e. The van der Waals surface area contributed by atoms with Gasteiger partial charge in [-0.05, 0) is 52.9 Å². The Kier molecular flexibility index (Phi) is 4.60. The molecule has 18 heavy (non-hydrogen) atoms. The van der Waals surface area contributed by atoms with E-state index in [0.29, 0.717) is 22.0 Å². The molecule has 100 valence electrons. The van der Waals surface area contributed by atoms with Crippen LogP contribution in [0.15, 0.2) is 27.6 Å². The zero-order chi connectivity index (χ0) is 13.3. The van der Waals surface area contributed by atoms with Crippen LogP contribution in [0.5, 0.6) is 0 Å². The van der Waals surface area contributed by atoms with Crippen LogP contribution < -0.4 is 4.72 Å². The first kappa shape index (κ1) is 14.6. The van der Waals surface area contributed by atoms with Gasteiger partial charge in [-0.1, -0.05) is 11.6 Å². The molecule has 1 N–H and O–H groups in total. The van der Waals surface area contributed by atoms with Crippen LogP contribution in [0.25, 0.3) is 0 Å². The van der Waals surface area contributed by atoms with E-state index in [1.807, 2.05) is 0 Å². The van der Waals surface area contributed by atoms with Gasteiger partial charge in [-0.15, -0.1) is 11.6 Å². The SMILES string of the molecule is O=S(=O)(NCC1CC(Cl)C1)c1ccc(Cl)c(Br)c1. The molecule has 0 bridgehead atoms. The summed E-state index contributed by atoms with van der Waals surface area (Å²) in [5.74, 6) is 0.345. The predicted molar refractivity (Wildman–Crippen MR) is 76.7 cm³/mol. The summed E-state index contributed by atoms with van der Waals surface area (Å²) in [6, 6.07) is 4.54. The Morgan fingerprint density at radius 2 is 2.06 bits per heavy atom. The van der Waals surface area contributed by atoms with Crippen molar-refractivity contribution in [3.8, 4) is 0 Å². The maximum atomic E-state index is 12.0. The Labute approximate surface area is 125 Å². The van der Waals surface area contributed by atoms with Gasteiger partial charge in [-0.2, -0.15) is 0 Å². The zero-order valence-electron chi connectivity index (χ0n) is 9.37. The number of hydrogen-bond acceptors (Lipinski definition) is 2. The number of hydrogen-bond donors (Lipinski definition) is 1. The zero-order valence-corrected chi connectivity index (χ0v) is 13.3. The van der Waals surface area contributed by atoms with Crippen molar-refractivity contribution in [1.29, 1.82) is 0 Å². The molecule has 1 aliphatic carbocycles. The molecule has 1 aliphatic rings. The predicted octanol–water partition coefficient (Wildman–Crippen LogP) is 3.40. The van der Waals surface area contributed by atoms with Crippen molar-refractivity contribution >= 4 is 49.2 Å². The highest BCUT2D eigenvalue weighted by atomic mass is 79.9. The van der Waals surface area contributed by atoms with Gasteiger partial charge in [0.2, 0.25) is 10.0 Å². The summed E-state index contributed by atoms with van der Waals surface area (Å²) in [5.41, 5.74) is 0. The van der Waals surface area contributed by atoms with Gasteiger partial charge in [0.1, 0.15) is 0 Å². The van der Waals surface area contributed by atoms with E-state index in [4.69, 9.17) is 23.2 Å². The van der Waals surface area contributed by atoms with Gasteiger partial charge in [0.05, 0.1) is 9.92 Å². The monoisotopic (exact) mass is 371 g/mol. The molecule has 0 aromatic heterocycles. The number of sulfonamides is 1. The van der Waals surface area contributed by atoms with E-state index in [-0.39, 0.29) is 10.3 Å². The molecule has 1 aromatic carbocycles. The molecule has 3 nitrogen and oxygen atoms in total. The third kappa shape index (κ3) is 3.39. The molecule has 1 saturated carbocycles. The van der Waals surface area contributed by atoms with Crippen LogP contribution >= 0.6 is 39.1 Å². The summed E-state index contributed by atoms with van der Waals surface area (Å²) >= 11 is 14.9. The molecule has 0 saturated heterocycles. The van der Waals surface area contributed by atoms with Crippen LogP contribution in [-0.4, -0.2) is 20.3 Å². The lowest BCUT2D eigenvalue weighted by atomic mass is 9.85. The van der Waals surface area contributed by atoms with Gasteiger partial charge in [-0.25, -0.2) is 13.1 Å². The average molecular weight is 373 g/mol. The first-order valence-corrected chi connectivity index (χ1v) is 8.56. The third-order valence-corrected chi connectivity index (χ3v) is 5.93. The maximum absolute atomic E-state index is 12.0. The summed E-state index contributed by atoms with van der Waals surface area (Å²) in [5, 5.41) is 0.683. The minimum atomic E-state index is -3.47. The molecular weight excluding hydrogens is 361 g/mol. The van der Waals surface area contributed by atoms with Crippen molar-refractivity contribution < 1.29 is 8.42 Å². The molecule has 0 spiro atoms. The molecule has 1 fully saturated rings. The lowest BCUT2D eigenvalue weighted by molar-refractivity contribution is 0.324. The molecule has 7 heteroatoms. The smallest absolute Gasteiger partial charge is 0.211 e. The molecule has 0 aliphatic heterocycles. The van der Waals surface area contributed by atoms with E-state index in [9.17, 15) is 8.42 Å². The number of benzene rings is 1. The summed E-state index contributed by atoms with van der Waals surface area (Å²) in [6.45, 7) is 0.436. The molecular formula is C11H12BrCl2NO2S. The fraction of sp³-hybridized carbons (Fsp3) is 0.455. The van der Waals surface area contributed by atoms with E-state index in [0.717, 1.165) is 12.8 Å². The van der Waals surface area contributed by atoms with E-state index < -0.39 is 10.0 Å². The lowest BCUT2D eigenvalue weighted by Crippen LogP contribution is -2.36. The summed E-state index contributed by atoms with van der Waals surface area (Å²) in [4.78, 5) is 0.209. The summed E-state index contributed by atoms with van der Waals surface area (Å²) < 4.78 is 27.2. The number of rotatable bonds is 4. The second kappa shape index (κ2) is 5.67. The maximum Gasteiger partial charge on any atom is 0.240 e. The van der Waals surface area contributed by atoms with Gasteiger partial charge in [-0.3, -0.25) is 0 Å². The lowest BCUT2D eigenvalue weighted by Gasteiger charge is -2.30. The number of alkyl halides is 1. The fourth-order valence-corrected chi connectivity index (χ4v) is 4.07. The highest BCUT2D eigenvalue weighted by Crippen LogP contribution is 2.31. The van der Waals surface area contributed by atoms with Crippen LogP contribution in [-0.2, 0) is 10.0 Å². The van der Waals surface area contributed by atoms with E-state index >= 15 is 0 Å². The minimum absolute atomic E-state index is 0.198. The van der Waals surface area contributed by atoms with Crippen molar-refractivity contribution in [2.45, 2.75) is 23.1 Å². The Hall–Kier alpha value is 0.190. The normalized spacial score (nSPS) is 23.7. The van der Waals surface area contributed by atoms with Crippen molar-refractivity contribution in [3.63, 3.8) is 0 Å². The first-order chi connectivity index (χ1) is 8.38. The van der Waals surface area contributed by atoms with Gasteiger partial charge in [0.25, 0.3) is 0 Å². The standard InChI is InChI=1S/C11H12BrCl2NO2S/c12-10-5-9(1-2-11(10)14)18(16,17)15-6-7-3-8(13)4-7/h1-2,5,7-8,15H,3-4,6H2. The number of halogens is 3. The Morgan fingerprint density at radius 1 is 1.39 bits per heavy atom. The van der Waals surface area contributed by atoms with Gasteiger partial charge in [0, 0.05) is 16.4 Å². The van der Waals surface area contributed by atoms with Crippen LogP contribution in [0.4, 0.5) is 0 Å². The first-order valence-electron chi connectivity index (χ1n) is 5.47. The number of nitrogens with one attached hydrogen (secondary N) is 1. The topological polar surface area (TPSA) is 46.2 Å². The quantitative estimate of drug-likeness (QED) is 0.823. The van der Waals surface area contributed by atoms with Gasteiger partial charge < -0.3 is 0 Å². The van der Waals surface area contributed by atoms with Crippen molar-refractivity contribution in [3.05, 3.63) is 27.7 Å². The molecule has 0 radical (unpaired) electrons. The molecule has 0 heterocycles. The molecule has 1 aromatic rings. The van der Waals surface area contributed by atoms with E-state index in [1.54, 1.807) is 6.07 Å².